The van der Waals surface area contributed by atoms with Gasteiger partial charge >= 0.3 is 0 Å². The number of halogens is 2. The van der Waals surface area contributed by atoms with Gasteiger partial charge in [-0.15, -0.1) is 0 Å². The Hall–Kier alpha value is -0.960. The molecule has 1 atom stereocenters. The predicted molar refractivity (Wildman–Crippen MR) is 65.3 cm³/mol. The highest BCUT2D eigenvalue weighted by Crippen LogP contribution is 2.34. The standard InChI is InChI=1S/C14H19F2N/c1-11-5-4-6-12(9-11)14(15,16)10-13-7-2-3-8-17-13/h4-6,9,13,17H,2-3,7-8,10H2,1H3. The molecule has 0 radical (unpaired) electrons. The number of nitrogens with one attached hydrogen (secondary N) is 1. The van der Waals surface area contributed by atoms with Gasteiger partial charge in [0.1, 0.15) is 0 Å². The van der Waals surface area contributed by atoms with Crippen LogP contribution in [0.4, 0.5) is 8.78 Å². The molecular formula is C14H19F2N. The van der Waals surface area contributed by atoms with Crippen LogP contribution in [0.25, 0.3) is 0 Å². The minimum absolute atomic E-state index is 0.0423. The lowest BCUT2D eigenvalue weighted by Gasteiger charge is -2.27. The third-order valence-corrected chi connectivity index (χ3v) is 3.36. The first-order chi connectivity index (χ1) is 8.08. The van der Waals surface area contributed by atoms with E-state index in [0.29, 0.717) is 0 Å². The average Bonchev–Trinajstić information content (AvgIpc) is 2.30. The Kier molecular flexibility index (Phi) is 3.77. The van der Waals surface area contributed by atoms with Crippen LogP contribution in [0.2, 0.25) is 0 Å². The summed E-state index contributed by atoms with van der Waals surface area (Å²) in [6.45, 7) is 2.72. The van der Waals surface area contributed by atoms with E-state index in [1.807, 2.05) is 13.0 Å². The van der Waals surface area contributed by atoms with Crippen molar-refractivity contribution in [3.8, 4) is 0 Å². The number of piperidine rings is 1. The fourth-order valence-corrected chi connectivity index (χ4v) is 2.40. The summed E-state index contributed by atoms with van der Waals surface area (Å²) in [5, 5.41) is 3.18. The van der Waals surface area contributed by atoms with Gasteiger partial charge in [0.05, 0.1) is 0 Å². The number of hydrogen-bond donors (Lipinski definition) is 1. The molecule has 0 amide bonds. The first kappa shape index (κ1) is 12.5. The van der Waals surface area contributed by atoms with Gasteiger partial charge in [-0.05, 0) is 26.3 Å². The summed E-state index contributed by atoms with van der Waals surface area (Å²) in [7, 11) is 0. The third kappa shape index (κ3) is 3.25. The van der Waals surface area contributed by atoms with Gasteiger partial charge in [0.2, 0.25) is 0 Å². The zero-order valence-corrected chi connectivity index (χ0v) is 10.2. The number of aryl methyl sites for hydroxylation is 1. The van der Waals surface area contributed by atoms with E-state index in [1.165, 1.54) is 6.07 Å². The zero-order chi connectivity index (χ0) is 12.3. The van der Waals surface area contributed by atoms with Crippen LogP contribution in [0.3, 0.4) is 0 Å². The van der Waals surface area contributed by atoms with Crippen LogP contribution in [0, 0.1) is 6.92 Å². The Labute approximate surface area is 101 Å². The molecule has 1 nitrogen and oxygen atoms in total. The molecule has 1 fully saturated rings. The van der Waals surface area contributed by atoms with E-state index in [9.17, 15) is 8.78 Å². The summed E-state index contributed by atoms with van der Waals surface area (Å²) in [4.78, 5) is 0. The molecule has 1 aliphatic heterocycles. The largest absolute Gasteiger partial charge is 0.314 e. The molecule has 0 spiro atoms. The molecule has 1 aliphatic rings. The zero-order valence-electron chi connectivity index (χ0n) is 10.2. The van der Waals surface area contributed by atoms with Crippen molar-refractivity contribution < 1.29 is 8.78 Å². The quantitative estimate of drug-likeness (QED) is 0.849. The molecule has 1 aromatic carbocycles. The van der Waals surface area contributed by atoms with E-state index >= 15 is 0 Å². The van der Waals surface area contributed by atoms with Crippen LogP contribution in [-0.4, -0.2) is 12.6 Å². The number of hydrogen-bond acceptors (Lipinski definition) is 1. The summed E-state index contributed by atoms with van der Waals surface area (Å²) in [6.07, 6.45) is 2.94. The van der Waals surface area contributed by atoms with Crippen LogP contribution < -0.4 is 5.32 Å². The summed E-state index contributed by atoms with van der Waals surface area (Å²) in [6, 6.07) is 6.61. The molecule has 1 N–H and O–H groups in total. The van der Waals surface area contributed by atoms with Crippen molar-refractivity contribution in [3.63, 3.8) is 0 Å². The molecule has 0 aliphatic carbocycles. The molecule has 2 rings (SSSR count). The molecular weight excluding hydrogens is 220 g/mol. The van der Waals surface area contributed by atoms with Gasteiger partial charge in [0.25, 0.3) is 5.92 Å². The highest BCUT2D eigenvalue weighted by Gasteiger charge is 2.35. The Morgan fingerprint density at radius 3 is 2.82 bits per heavy atom. The van der Waals surface area contributed by atoms with E-state index in [0.717, 1.165) is 31.4 Å². The fourth-order valence-electron chi connectivity index (χ4n) is 2.40. The predicted octanol–water partition coefficient (Wildman–Crippen LogP) is 3.62. The fraction of sp³-hybridized carbons (Fsp3) is 0.571. The van der Waals surface area contributed by atoms with E-state index in [4.69, 9.17) is 0 Å². The van der Waals surface area contributed by atoms with Gasteiger partial charge in [0, 0.05) is 18.0 Å². The lowest BCUT2D eigenvalue weighted by Crippen LogP contribution is -2.38. The van der Waals surface area contributed by atoms with E-state index < -0.39 is 5.92 Å². The topological polar surface area (TPSA) is 12.0 Å². The molecule has 1 heterocycles. The number of alkyl halides is 2. The first-order valence-electron chi connectivity index (χ1n) is 6.26. The van der Waals surface area contributed by atoms with E-state index in [2.05, 4.69) is 5.32 Å². The highest BCUT2D eigenvalue weighted by molar-refractivity contribution is 5.26. The summed E-state index contributed by atoms with van der Waals surface area (Å²) < 4.78 is 28.2. The van der Waals surface area contributed by atoms with Gasteiger partial charge in [0.15, 0.2) is 0 Å². The first-order valence-corrected chi connectivity index (χ1v) is 6.26. The lowest BCUT2D eigenvalue weighted by molar-refractivity contribution is -0.0253. The van der Waals surface area contributed by atoms with Crippen molar-refractivity contribution in [2.75, 3.05) is 6.54 Å². The van der Waals surface area contributed by atoms with Gasteiger partial charge in [-0.1, -0.05) is 36.2 Å². The monoisotopic (exact) mass is 239 g/mol. The molecule has 0 saturated carbocycles. The second-order valence-electron chi connectivity index (χ2n) is 4.92. The Morgan fingerprint density at radius 2 is 2.18 bits per heavy atom. The van der Waals surface area contributed by atoms with E-state index in [-0.39, 0.29) is 18.0 Å². The van der Waals surface area contributed by atoms with Crippen molar-refractivity contribution in [1.82, 2.24) is 5.32 Å². The minimum atomic E-state index is -2.72. The lowest BCUT2D eigenvalue weighted by atomic mass is 9.94. The summed E-state index contributed by atoms with van der Waals surface area (Å²) in [5.41, 5.74) is 1.03. The van der Waals surface area contributed by atoms with Gasteiger partial charge in [-0.3, -0.25) is 0 Å². The van der Waals surface area contributed by atoms with Crippen molar-refractivity contribution in [2.24, 2.45) is 0 Å². The molecule has 3 heteroatoms. The summed E-state index contributed by atoms with van der Waals surface area (Å²) >= 11 is 0. The van der Waals surface area contributed by atoms with Crippen molar-refractivity contribution >= 4 is 0 Å². The third-order valence-electron chi connectivity index (χ3n) is 3.36. The molecule has 1 saturated heterocycles. The maximum atomic E-state index is 14.1. The second-order valence-corrected chi connectivity index (χ2v) is 4.92. The van der Waals surface area contributed by atoms with Gasteiger partial charge < -0.3 is 5.32 Å². The molecule has 0 aromatic heterocycles. The normalized spacial score (nSPS) is 21.5. The molecule has 0 bridgehead atoms. The minimum Gasteiger partial charge on any atom is -0.314 e. The molecule has 94 valence electrons. The maximum Gasteiger partial charge on any atom is 0.274 e. The van der Waals surface area contributed by atoms with E-state index in [1.54, 1.807) is 12.1 Å². The Balaban J connectivity index is 2.06. The highest BCUT2D eigenvalue weighted by atomic mass is 19.3. The van der Waals surface area contributed by atoms with Crippen LogP contribution in [0.5, 0.6) is 0 Å². The van der Waals surface area contributed by atoms with Crippen molar-refractivity contribution in [1.29, 1.82) is 0 Å². The molecule has 1 unspecified atom stereocenters. The Bertz CT molecular complexity index is 370. The average molecular weight is 239 g/mol. The maximum absolute atomic E-state index is 14.1. The SMILES string of the molecule is Cc1cccc(C(F)(F)CC2CCCCN2)c1. The molecule has 17 heavy (non-hydrogen) atoms. The van der Waals surface area contributed by atoms with Crippen LogP contribution in [0.1, 0.15) is 36.8 Å². The van der Waals surface area contributed by atoms with Crippen LogP contribution in [-0.2, 0) is 5.92 Å². The second kappa shape index (κ2) is 5.13. The van der Waals surface area contributed by atoms with Crippen LogP contribution in [0.15, 0.2) is 24.3 Å². The number of rotatable bonds is 3. The van der Waals surface area contributed by atoms with Crippen molar-refractivity contribution in [2.45, 2.75) is 44.6 Å². The number of benzene rings is 1. The van der Waals surface area contributed by atoms with Crippen LogP contribution >= 0.6 is 0 Å². The summed E-state index contributed by atoms with van der Waals surface area (Å²) in [5.74, 6) is -2.72. The molecule has 1 aromatic rings. The van der Waals surface area contributed by atoms with Crippen molar-refractivity contribution in [3.05, 3.63) is 35.4 Å². The smallest absolute Gasteiger partial charge is 0.274 e. The van der Waals surface area contributed by atoms with Gasteiger partial charge in [-0.2, -0.15) is 0 Å². The van der Waals surface area contributed by atoms with Gasteiger partial charge in [-0.25, -0.2) is 8.78 Å². The Morgan fingerprint density at radius 1 is 1.35 bits per heavy atom.